The molecule has 2 aromatic rings. The van der Waals surface area contributed by atoms with Crippen molar-refractivity contribution in [2.75, 3.05) is 24.6 Å². The molecule has 0 aliphatic carbocycles. The molecule has 1 aromatic carbocycles. The summed E-state index contributed by atoms with van der Waals surface area (Å²) >= 11 is 1.60. The third-order valence-corrected chi connectivity index (χ3v) is 3.66. The lowest BCUT2D eigenvalue weighted by atomic mass is 10.2. The number of amides is 1. The Bertz CT molecular complexity index is 571. The van der Waals surface area contributed by atoms with Gasteiger partial charge in [-0.3, -0.25) is 4.79 Å². The van der Waals surface area contributed by atoms with E-state index < -0.39 is 0 Å². The number of aromatic nitrogens is 1. The molecule has 1 aromatic heterocycles. The maximum Gasteiger partial charge on any atom is 0.224 e. The summed E-state index contributed by atoms with van der Waals surface area (Å²) in [6.45, 7) is 1.68. The normalized spacial score (nSPS) is 10.8. The molecule has 6 heteroatoms. The SMILES string of the molecule is CN(CCCC(=O)Nc1cccc(N)c1)Cc1cscn1. The molecule has 112 valence electrons. The molecule has 1 heterocycles. The number of thiazole rings is 1. The summed E-state index contributed by atoms with van der Waals surface area (Å²) in [4.78, 5) is 18.3. The second kappa shape index (κ2) is 7.75. The number of hydrogen-bond donors (Lipinski definition) is 2. The van der Waals surface area contributed by atoms with Gasteiger partial charge in [0.15, 0.2) is 0 Å². The Labute approximate surface area is 128 Å². The minimum Gasteiger partial charge on any atom is -0.399 e. The molecule has 0 atom stereocenters. The summed E-state index contributed by atoms with van der Waals surface area (Å²) in [5, 5.41) is 4.90. The summed E-state index contributed by atoms with van der Waals surface area (Å²) < 4.78 is 0. The molecule has 5 nitrogen and oxygen atoms in total. The molecule has 0 spiro atoms. The molecular formula is C15H20N4OS. The molecule has 21 heavy (non-hydrogen) atoms. The van der Waals surface area contributed by atoms with Gasteiger partial charge in [0, 0.05) is 29.7 Å². The number of nitrogens with one attached hydrogen (secondary N) is 1. The molecule has 0 unspecified atom stereocenters. The Morgan fingerprint density at radius 3 is 3.05 bits per heavy atom. The third-order valence-electron chi connectivity index (χ3n) is 3.03. The largest absolute Gasteiger partial charge is 0.399 e. The zero-order valence-electron chi connectivity index (χ0n) is 12.1. The van der Waals surface area contributed by atoms with Crippen LogP contribution < -0.4 is 11.1 Å². The van der Waals surface area contributed by atoms with Gasteiger partial charge >= 0.3 is 0 Å². The van der Waals surface area contributed by atoms with E-state index in [0.29, 0.717) is 12.1 Å². The van der Waals surface area contributed by atoms with E-state index in [2.05, 4.69) is 15.2 Å². The van der Waals surface area contributed by atoms with Gasteiger partial charge in [0.25, 0.3) is 0 Å². The summed E-state index contributed by atoms with van der Waals surface area (Å²) in [7, 11) is 2.04. The Kier molecular flexibility index (Phi) is 5.71. The molecule has 0 aliphatic heterocycles. The van der Waals surface area contributed by atoms with E-state index in [4.69, 9.17) is 5.73 Å². The van der Waals surface area contributed by atoms with Gasteiger partial charge in [-0.1, -0.05) is 6.07 Å². The Morgan fingerprint density at radius 2 is 2.33 bits per heavy atom. The van der Waals surface area contributed by atoms with E-state index in [0.717, 1.165) is 30.9 Å². The molecule has 0 radical (unpaired) electrons. The highest BCUT2D eigenvalue weighted by molar-refractivity contribution is 7.07. The van der Waals surface area contributed by atoms with E-state index in [1.807, 2.05) is 30.1 Å². The number of hydrogen-bond acceptors (Lipinski definition) is 5. The van der Waals surface area contributed by atoms with Crippen LogP contribution >= 0.6 is 11.3 Å². The molecule has 0 aliphatic rings. The number of nitrogens with two attached hydrogens (primary N) is 1. The maximum absolute atomic E-state index is 11.8. The molecule has 0 saturated carbocycles. The standard InChI is InChI=1S/C15H20N4OS/c1-19(9-14-10-21-11-17-14)7-3-6-15(20)18-13-5-2-4-12(16)8-13/h2,4-5,8,10-11H,3,6-7,9,16H2,1H3,(H,18,20). The van der Waals surface area contributed by atoms with Crippen LogP contribution in [0.5, 0.6) is 0 Å². The zero-order chi connectivity index (χ0) is 15.1. The number of nitrogens with zero attached hydrogens (tertiary/aromatic N) is 2. The first-order valence-corrected chi connectivity index (χ1v) is 7.79. The topological polar surface area (TPSA) is 71.2 Å². The number of rotatable bonds is 7. The van der Waals surface area contributed by atoms with Crippen LogP contribution in [0.15, 0.2) is 35.2 Å². The van der Waals surface area contributed by atoms with Gasteiger partial charge in [0.05, 0.1) is 11.2 Å². The van der Waals surface area contributed by atoms with Crippen LogP contribution in [-0.2, 0) is 11.3 Å². The average molecular weight is 304 g/mol. The van der Waals surface area contributed by atoms with Crippen molar-refractivity contribution in [3.05, 3.63) is 40.8 Å². The number of benzene rings is 1. The fraction of sp³-hybridized carbons (Fsp3) is 0.333. The fourth-order valence-electron chi connectivity index (χ4n) is 2.02. The number of carbonyl (C=O) groups excluding carboxylic acids is 1. The summed E-state index contributed by atoms with van der Waals surface area (Å²) in [5.41, 5.74) is 9.98. The van der Waals surface area contributed by atoms with Gasteiger partial charge in [-0.2, -0.15) is 0 Å². The molecular weight excluding hydrogens is 284 g/mol. The average Bonchev–Trinajstić information content (AvgIpc) is 2.91. The van der Waals surface area contributed by atoms with Crippen molar-refractivity contribution in [2.45, 2.75) is 19.4 Å². The predicted octanol–water partition coefficient (Wildman–Crippen LogP) is 2.58. The lowest BCUT2D eigenvalue weighted by Crippen LogP contribution is -2.21. The van der Waals surface area contributed by atoms with Crippen molar-refractivity contribution >= 4 is 28.6 Å². The van der Waals surface area contributed by atoms with Crippen molar-refractivity contribution in [1.29, 1.82) is 0 Å². The maximum atomic E-state index is 11.8. The molecule has 2 rings (SSSR count). The van der Waals surface area contributed by atoms with E-state index in [-0.39, 0.29) is 5.91 Å². The molecule has 3 N–H and O–H groups in total. The Balaban J connectivity index is 1.67. The number of anilines is 2. The minimum atomic E-state index is 0.0164. The minimum absolute atomic E-state index is 0.0164. The van der Waals surface area contributed by atoms with Crippen molar-refractivity contribution in [3.8, 4) is 0 Å². The van der Waals surface area contributed by atoms with Crippen molar-refractivity contribution in [2.24, 2.45) is 0 Å². The zero-order valence-corrected chi connectivity index (χ0v) is 12.9. The highest BCUT2D eigenvalue weighted by Gasteiger charge is 2.05. The third kappa shape index (κ3) is 5.53. The van der Waals surface area contributed by atoms with Gasteiger partial charge in [0.1, 0.15) is 0 Å². The van der Waals surface area contributed by atoms with Gasteiger partial charge < -0.3 is 16.0 Å². The van der Waals surface area contributed by atoms with Crippen LogP contribution in [0.2, 0.25) is 0 Å². The highest BCUT2D eigenvalue weighted by Crippen LogP contribution is 2.12. The van der Waals surface area contributed by atoms with Gasteiger partial charge in [0.2, 0.25) is 5.91 Å². The molecule has 0 fully saturated rings. The van der Waals surface area contributed by atoms with Crippen LogP contribution in [-0.4, -0.2) is 29.4 Å². The van der Waals surface area contributed by atoms with Crippen LogP contribution in [0.3, 0.4) is 0 Å². The first-order chi connectivity index (χ1) is 10.1. The second-order valence-electron chi connectivity index (χ2n) is 4.99. The monoisotopic (exact) mass is 304 g/mol. The van der Waals surface area contributed by atoms with Crippen molar-refractivity contribution < 1.29 is 4.79 Å². The Hall–Kier alpha value is -1.92. The van der Waals surface area contributed by atoms with Crippen LogP contribution in [0.4, 0.5) is 11.4 Å². The fourth-order valence-corrected chi connectivity index (χ4v) is 2.57. The van der Waals surface area contributed by atoms with Gasteiger partial charge in [-0.15, -0.1) is 11.3 Å². The lowest BCUT2D eigenvalue weighted by Gasteiger charge is -2.14. The van der Waals surface area contributed by atoms with Crippen LogP contribution in [0.25, 0.3) is 0 Å². The summed E-state index contributed by atoms with van der Waals surface area (Å²) in [6, 6.07) is 7.21. The molecule has 1 amide bonds. The predicted molar refractivity (Wildman–Crippen MR) is 87.2 cm³/mol. The van der Waals surface area contributed by atoms with Crippen molar-refractivity contribution in [3.63, 3.8) is 0 Å². The lowest BCUT2D eigenvalue weighted by molar-refractivity contribution is -0.116. The number of carbonyl (C=O) groups is 1. The molecule has 0 saturated heterocycles. The summed E-state index contributed by atoms with van der Waals surface area (Å²) in [5.74, 6) is 0.0164. The van der Waals surface area contributed by atoms with Gasteiger partial charge in [-0.05, 0) is 38.2 Å². The highest BCUT2D eigenvalue weighted by atomic mass is 32.1. The summed E-state index contributed by atoms with van der Waals surface area (Å²) in [6.07, 6.45) is 1.31. The first kappa shape index (κ1) is 15.5. The first-order valence-electron chi connectivity index (χ1n) is 6.84. The second-order valence-corrected chi connectivity index (χ2v) is 5.71. The molecule has 0 bridgehead atoms. The number of nitrogen functional groups attached to an aromatic ring is 1. The van der Waals surface area contributed by atoms with Crippen LogP contribution in [0.1, 0.15) is 18.5 Å². The van der Waals surface area contributed by atoms with E-state index >= 15 is 0 Å². The van der Waals surface area contributed by atoms with Crippen molar-refractivity contribution in [1.82, 2.24) is 9.88 Å². The smallest absolute Gasteiger partial charge is 0.224 e. The van der Waals surface area contributed by atoms with E-state index in [1.54, 1.807) is 23.5 Å². The van der Waals surface area contributed by atoms with E-state index in [1.165, 1.54) is 0 Å². The van der Waals surface area contributed by atoms with Crippen LogP contribution in [0, 0.1) is 0 Å². The quantitative estimate of drug-likeness (QED) is 0.771. The Morgan fingerprint density at radius 1 is 1.48 bits per heavy atom. The van der Waals surface area contributed by atoms with E-state index in [9.17, 15) is 4.79 Å². The van der Waals surface area contributed by atoms with Gasteiger partial charge in [-0.25, -0.2) is 4.98 Å².